The van der Waals surface area contributed by atoms with Gasteiger partial charge in [0, 0.05) is 28.4 Å². The Hall–Kier alpha value is -2.39. The smallest absolute Gasteiger partial charge is 0.187 e. The molecule has 2 aromatic rings. The number of aliphatic hydroxyl groups excluding tert-OH is 1. The second-order valence-corrected chi connectivity index (χ2v) is 6.62. The quantitative estimate of drug-likeness (QED) is 0.675. The minimum absolute atomic E-state index is 0.0599. The van der Waals surface area contributed by atoms with E-state index in [2.05, 4.69) is 25.2 Å². The van der Waals surface area contributed by atoms with Crippen LogP contribution in [0, 0.1) is 0 Å². The lowest BCUT2D eigenvalue weighted by molar-refractivity contribution is 0.104. The van der Waals surface area contributed by atoms with Crippen LogP contribution in [0.15, 0.2) is 54.6 Å². The maximum absolute atomic E-state index is 12.6. The fraction of sp³-hybridized carbons (Fsp3) is 0.250. The Bertz CT molecular complexity index is 775. The molecule has 0 aromatic heterocycles. The molecule has 0 bridgehead atoms. The Morgan fingerprint density at radius 1 is 1.22 bits per heavy atom. The number of rotatable bonds is 3. The summed E-state index contributed by atoms with van der Waals surface area (Å²) in [6.07, 6.45) is 2.59. The first-order chi connectivity index (χ1) is 11.0. The molecule has 118 valence electrons. The van der Waals surface area contributed by atoms with E-state index in [9.17, 15) is 9.90 Å². The molecule has 0 aliphatic carbocycles. The summed E-state index contributed by atoms with van der Waals surface area (Å²) in [4.78, 5) is 12.6. The molecule has 3 nitrogen and oxygen atoms in total. The molecule has 0 saturated carbocycles. The van der Waals surface area contributed by atoms with Crippen LogP contribution >= 0.6 is 0 Å². The first kappa shape index (κ1) is 15.5. The molecule has 0 fully saturated rings. The summed E-state index contributed by atoms with van der Waals surface area (Å²) in [5, 5.41) is 12.7. The van der Waals surface area contributed by atoms with E-state index in [1.165, 1.54) is 5.56 Å². The average Bonchev–Trinajstić information content (AvgIpc) is 2.53. The largest absolute Gasteiger partial charge is 0.392 e. The van der Waals surface area contributed by atoms with E-state index in [-0.39, 0.29) is 17.9 Å². The number of hydrogen-bond acceptors (Lipinski definition) is 3. The van der Waals surface area contributed by atoms with Gasteiger partial charge in [0.2, 0.25) is 0 Å². The minimum atomic E-state index is -0.0899. The summed E-state index contributed by atoms with van der Waals surface area (Å²) in [5.74, 6) is -0.0599. The molecule has 0 atom stereocenters. The van der Waals surface area contributed by atoms with Crippen molar-refractivity contribution in [1.82, 2.24) is 5.32 Å². The molecule has 1 heterocycles. The molecule has 0 spiro atoms. The van der Waals surface area contributed by atoms with Gasteiger partial charge in [-0.05, 0) is 37.5 Å². The van der Waals surface area contributed by atoms with Gasteiger partial charge in [0.15, 0.2) is 5.78 Å². The van der Waals surface area contributed by atoms with Crippen molar-refractivity contribution in [3.63, 3.8) is 0 Å². The second kappa shape index (κ2) is 6.01. The van der Waals surface area contributed by atoms with Crippen LogP contribution in [0.1, 0.15) is 40.9 Å². The molecule has 0 radical (unpaired) electrons. The fourth-order valence-corrected chi connectivity index (χ4v) is 3.04. The Balaban J connectivity index is 1.99. The summed E-state index contributed by atoms with van der Waals surface area (Å²) in [5.41, 5.74) is 4.43. The summed E-state index contributed by atoms with van der Waals surface area (Å²) in [6.45, 7) is 4.20. The summed E-state index contributed by atoms with van der Waals surface area (Å²) in [7, 11) is 0. The van der Waals surface area contributed by atoms with Crippen molar-refractivity contribution in [2.75, 3.05) is 0 Å². The van der Waals surface area contributed by atoms with Crippen molar-refractivity contribution in [3.05, 3.63) is 76.9 Å². The molecule has 23 heavy (non-hydrogen) atoms. The number of nitrogens with one attached hydrogen (secondary N) is 1. The maximum atomic E-state index is 12.6. The molecule has 3 heteroatoms. The number of hydrogen-bond donors (Lipinski definition) is 2. The zero-order valence-electron chi connectivity index (χ0n) is 13.5. The van der Waals surface area contributed by atoms with Gasteiger partial charge in [0.05, 0.1) is 6.61 Å². The summed E-state index contributed by atoms with van der Waals surface area (Å²) >= 11 is 0. The lowest BCUT2D eigenvalue weighted by Gasteiger charge is -2.35. The third-order valence-electron chi connectivity index (χ3n) is 4.08. The van der Waals surface area contributed by atoms with E-state index >= 15 is 0 Å². The molecule has 1 aliphatic rings. The van der Waals surface area contributed by atoms with E-state index < -0.39 is 0 Å². The van der Waals surface area contributed by atoms with E-state index in [0.717, 1.165) is 23.2 Å². The van der Waals surface area contributed by atoms with Crippen LogP contribution in [0.5, 0.6) is 0 Å². The van der Waals surface area contributed by atoms with Crippen molar-refractivity contribution in [3.8, 4) is 0 Å². The van der Waals surface area contributed by atoms with Crippen molar-refractivity contribution in [2.45, 2.75) is 32.4 Å². The average molecular weight is 307 g/mol. The molecule has 0 saturated heterocycles. The monoisotopic (exact) mass is 307 g/mol. The third-order valence-corrected chi connectivity index (χ3v) is 4.08. The first-order valence-corrected chi connectivity index (χ1v) is 7.81. The number of allylic oxidation sites excluding steroid dienone is 1. The first-order valence-electron chi connectivity index (χ1n) is 7.81. The number of fused-ring (bicyclic) bond motifs is 1. The van der Waals surface area contributed by atoms with Gasteiger partial charge in [0.25, 0.3) is 0 Å². The molecule has 0 unspecified atom stereocenters. The van der Waals surface area contributed by atoms with Crippen LogP contribution in [0.25, 0.3) is 5.70 Å². The highest BCUT2D eigenvalue weighted by Gasteiger charge is 2.27. The lowest BCUT2D eigenvalue weighted by atomic mass is 9.85. The highest BCUT2D eigenvalue weighted by molar-refractivity contribution is 6.08. The summed E-state index contributed by atoms with van der Waals surface area (Å²) < 4.78 is 0. The lowest BCUT2D eigenvalue weighted by Crippen LogP contribution is -2.43. The highest BCUT2D eigenvalue weighted by atomic mass is 16.3. The molecular formula is C20H21NO2. The zero-order valence-corrected chi connectivity index (χ0v) is 13.5. The van der Waals surface area contributed by atoms with Crippen molar-refractivity contribution >= 4 is 11.5 Å². The van der Waals surface area contributed by atoms with E-state index in [0.29, 0.717) is 5.56 Å². The molecular weight excluding hydrogens is 286 g/mol. The van der Waals surface area contributed by atoms with Crippen LogP contribution in [-0.4, -0.2) is 16.4 Å². The van der Waals surface area contributed by atoms with Gasteiger partial charge < -0.3 is 10.4 Å². The van der Waals surface area contributed by atoms with Gasteiger partial charge in [-0.2, -0.15) is 0 Å². The van der Waals surface area contributed by atoms with E-state index in [1.54, 1.807) is 30.3 Å². The number of aliphatic hydroxyl groups is 1. The van der Waals surface area contributed by atoms with Crippen LogP contribution in [-0.2, 0) is 13.0 Å². The predicted molar refractivity (Wildman–Crippen MR) is 92.0 cm³/mol. The molecule has 1 aliphatic heterocycles. The molecule has 0 amide bonds. The molecule has 2 N–H and O–H groups in total. The fourth-order valence-electron chi connectivity index (χ4n) is 3.04. The van der Waals surface area contributed by atoms with Crippen molar-refractivity contribution in [2.24, 2.45) is 0 Å². The normalized spacial score (nSPS) is 17.4. The highest BCUT2D eigenvalue weighted by Crippen LogP contribution is 2.29. The van der Waals surface area contributed by atoms with Gasteiger partial charge >= 0.3 is 0 Å². The van der Waals surface area contributed by atoms with Gasteiger partial charge in [-0.1, -0.05) is 42.5 Å². The maximum Gasteiger partial charge on any atom is 0.187 e. The van der Waals surface area contributed by atoms with E-state index in [4.69, 9.17) is 0 Å². The SMILES string of the molecule is CC1(C)Cc2ccccc2C(=CC(=O)c2cccc(CO)c2)N1. The Labute approximate surface area is 136 Å². The van der Waals surface area contributed by atoms with Gasteiger partial charge in [-0.15, -0.1) is 0 Å². The van der Waals surface area contributed by atoms with Gasteiger partial charge in [-0.3, -0.25) is 4.79 Å². The Kier molecular flexibility index (Phi) is 4.05. The number of carbonyl (C=O) groups excluding carboxylic acids is 1. The third kappa shape index (κ3) is 3.35. The van der Waals surface area contributed by atoms with Crippen molar-refractivity contribution < 1.29 is 9.90 Å². The number of ketones is 1. The summed E-state index contributed by atoms with van der Waals surface area (Å²) in [6, 6.07) is 15.3. The Morgan fingerprint density at radius 2 is 2.00 bits per heavy atom. The van der Waals surface area contributed by atoms with Gasteiger partial charge in [0.1, 0.15) is 0 Å². The standard InChI is InChI=1S/C20H21NO2/c1-20(2)12-16-7-3-4-9-17(16)18(21-20)11-19(23)15-8-5-6-14(10-15)13-22/h3-11,21-22H,12-13H2,1-2H3. The van der Waals surface area contributed by atoms with E-state index in [1.807, 2.05) is 18.2 Å². The molecule has 3 rings (SSSR count). The topological polar surface area (TPSA) is 49.3 Å². The number of carbonyl (C=O) groups is 1. The van der Waals surface area contributed by atoms with Crippen LogP contribution in [0.4, 0.5) is 0 Å². The van der Waals surface area contributed by atoms with Crippen LogP contribution in [0.2, 0.25) is 0 Å². The Morgan fingerprint density at radius 3 is 2.78 bits per heavy atom. The van der Waals surface area contributed by atoms with Crippen LogP contribution < -0.4 is 5.32 Å². The molecule has 2 aromatic carbocycles. The number of benzene rings is 2. The zero-order chi connectivity index (χ0) is 16.4. The van der Waals surface area contributed by atoms with Crippen LogP contribution in [0.3, 0.4) is 0 Å². The minimum Gasteiger partial charge on any atom is -0.392 e. The van der Waals surface area contributed by atoms with Gasteiger partial charge in [-0.25, -0.2) is 0 Å². The predicted octanol–water partition coefficient (Wildman–Crippen LogP) is 3.33. The van der Waals surface area contributed by atoms with Crippen molar-refractivity contribution in [1.29, 1.82) is 0 Å². The second-order valence-electron chi connectivity index (χ2n) is 6.62.